The van der Waals surface area contributed by atoms with Gasteiger partial charge in [-0.1, -0.05) is 0 Å². The average Bonchev–Trinajstić information content (AvgIpc) is 2.06. The zero-order valence-electron chi connectivity index (χ0n) is 6.37. The summed E-state index contributed by atoms with van der Waals surface area (Å²) in [6, 6.07) is 0. The topological polar surface area (TPSA) is 118 Å². The molecule has 0 aliphatic heterocycles. The summed E-state index contributed by atoms with van der Waals surface area (Å²) in [6.07, 6.45) is 1.04. The fourth-order valence-corrected chi connectivity index (χ4v) is 0.960. The van der Waals surface area contributed by atoms with Gasteiger partial charge in [0.1, 0.15) is 0 Å². The summed E-state index contributed by atoms with van der Waals surface area (Å²) in [4.78, 5) is 33.9. The molecule has 2 aromatic rings. The van der Waals surface area contributed by atoms with Gasteiger partial charge >= 0.3 is 0 Å². The summed E-state index contributed by atoms with van der Waals surface area (Å²) >= 11 is 0. The number of H-pyrrole nitrogens is 2. The smallest absolute Gasteiger partial charge is 0.278 e. The molecule has 0 aliphatic carbocycles. The Morgan fingerprint density at radius 2 is 2.15 bits per heavy atom. The van der Waals surface area contributed by atoms with E-state index in [9.17, 15) is 9.59 Å². The van der Waals surface area contributed by atoms with Gasteiger partial charge in [-0.25, -0.2) is 4.98 Å². The molecule has 0 saturated carbocycles. The first kappa shape index (κ1) is 7.47. The van der Waals surface area contributed by atoms with Crippen LogP contribution in [0.5, 0.6) is 0 Å². The van der Waals surface area contributed by atoms with Gasteiger partial charge in [-0.3, -0.25) is 14.6 Å². The van der Waals surface area contributed by atoms with Crippen molar-refractivity contribution in [2.24, 2.45) is 0 Å². The number of anilines is 1. The van der Waals surface area contributed by atoms with Crippen molar-refractivity contribution < 1.29 is 0 Å². The Balaban J connectivity index is 3.03. The van der Waals surface area contributed by atoms with Gasteiger partial charge in [-0.05, 0) is 0 Å². The quantitative estimate of drug-likeness (QED) is 0.461. The molecule has 0 aliphatic rings. The molecule has 0 fully saturated rings. The maximum atomic E-state index is 11.2. The summed E-state index contributed by atoms with van der Waals surface area (Å²) in [7, 11) is 0. The standard InChI is InChI=1S/C6H5N5O2/c7-6-10-4-3(5(13)11-6)9-2(12)1-8-4/h1H,(H,9,12)(H3,7,8,10,11,13)/i4+2. The molecule has 2 heterocycles. The molecular weight excluding hydrogens is 176 g/mol. The Bertz CT molecular complexity index is 569. The lowest BCUT2D eigenvalue weighted by Gasteiger charge is -1.95. The minimum absolute atomic E-state index is 0.0294. The van der Waals surface area contributed by atoms with Gasteiger partial charge in [0, 0.05) is 0 Å². The maximum absolute atomic E-state index is 11.2. The van der Waals surface area contributed by atoms with Crippen LogP contribution in [-0.2, 0) is 0 Å². The second-order valence-electron chi connectivity index (χ2n) is 2.40. The van der Waals surface area contributed by atoms with E-state index < -0.39 is 11.1 Å². The highest BCUT2D eigenvalue weighted by Gasteiger charge is 2.02. The predicted octanol–water partition coefficient (Wildman–Crippen LogP) is -1.41. The normalized spacial score (nSPS) is 10.5. The van der Waals surface area contributed by atoms with Crippen LogP contribution >= 0.6 is 0 Å². The lowest BCUT2D eigenvalue weighted by Crippen LogP contribution is -2.17. The van der Waals surface area contributed by atoms with Crippen molar-refractivity contribution in [2.75, 3.05) is 5.73 Å². The molecule has 0 atom stereocenters. The Morgan fingerprint density at radius 3 is 2.92 bits per heavy atom. The monoisotopic (exact) mass is 181 g/mol. The third-order valence-corrected chi connectivity index (χ3v) is 1.47. The van der Waals surface area contributed by atoms with Gasteiger partial charge in [-0.2, -0.15) is 4.98 Å². The number of nitrogens with two attached hydrogens (primary N) is 1. The molecule has 7 heteroatoms. The van der Waals surface area contributed by atoms with Crippen molar-refractivity contribution in [3.63, 3.8) is 0 Å². The molecule has 2 aromatic heterocycles. The Kier molecular flexibility index (Phi) is 1.38. The van der Waals surface area contributed by atoms with E-state index in [0.29, 0.717) is 0 Å². The predicted molar refractivity (Wildman–Crippen MR) is 45.2 cm³/mol. The SMILES string of the molecule is Nc1n[14c]2ncc(=O)[nH]c2c(=O)[nH]1. The van der Waals surface area contributed by atoms with Crippen LogP contribution in [0.1, 0.15) is 0 Å². The van der Waals surface area contributed by atoms with Crippen molar-refractivity contribution >= 4 is 17.1 Å². The number of hydrogen-bond donors (Lipinski definition) is 3. The van der Waals surface area contributed by atoms with Gasteiger partial charge < -0.3 is 10.7 Å². The number of fused-ring (bicyclic) bond motifs is 1. The van der Waals surface area contributed by atoms with E-state index in [1.54, 1.807) is 0 Å². The Hall–Kier alpha value is -2.18. The van der Waals surface area contributed by atoms with Crippen LogP contribution in [0, 0.1) is 0 Å². The Labute approximate surface area is 70.7 Å². The van der Waals surface area contributed by atoms with E-state index in [-0.39, 0.29) is 17.1 Å². The third kappa shape index (κ3) is 1.15. The number of rotatable bonds is 0. The zero-order chi connectivity index (χ0) is 9.42. The van der Waals surface area contributed by atoms with E-state index >= 15 is 0 Å². The fourth-order valence-electron chi connectivity index (χ4n) is 0.960. The molecule has 2 rings (SSSR count). The van der Waals surface area contributed by atoms with Crippen molar-refractivity contribution in [3.8, 4) is 0 Å². The largest absolute Gasteiger partial charge is 0.369 e. The molecule has 66 valence electrons. The van der Waals surface area contributed by atoms with E-state index in [4.69, 9.17) is 5.73 Å². The van der Waals surface area contributed by atoms with Crippen molar-refractivity contribution in [1.29, 1.82) is 0 Å². The highest BCUT2D eigenvalue weighted by atomic mass is 16.1. The number of nitrogens with one attached hydrogen (secondary N) is 2. The van der Waals surface area contributed by atoms with Crippen LogP contribution in [0.15, 0.2) is 15.8 Å². The van der Waals surface area contributed by atoms with Crippen molar-refractivity contribution in [2.45, 2.75) is 0 Å². The number of aromatic nitrogens is 4. The molecule has 0 radical (unpaired) electrons. The van der Waals surface area contributed by atoms with Gasteiger partial charge in [0.25, 0.3) is 11.1 Å². The van der Waals surface area contributed by atoms with Crippen LogP contribution < -0.4 is 16.9 Å². The number of nitrogens with zero attached hydrogens (tertiary/aromatic N) is 2. The summed E-state index contributed by atoms with van der Waals surface area (Å²) in [5.41, 5.74) is 4.46. The number of nitrogen functional groups attached to an aromatic ring is 1. The maximum Gasteiger partial charge on any atom is 0.278 e. The first-order valence-electron chi connectivity index (χ1n) is 3.41. The molecule has 0 unspecified atom stereocenters. The highest BCUT2D eigenvalue weighted by molar-refractivity contribution is 5.68. The van der Waals surface area contributed by atoms with Gasteiger partial charge in [0.2, 0.25) is 5.95 Å². The fraction of sp³-hybridized carbons (Fsp3) is 0. The minimum Gasteiger partial charge on any atom is -0.369 e. The van der Waals surface area contributed by atoms with Crippen molar-refractivity contribution in [3.05, 3.63) is 26.9 Å². The zero-order valence-corrected chi connectivity index (χ0v) is 6.37. The van der Waals surface area contributed by atoms with E-state index in [1.165, 1.54) is 0 Å². The van der Waals surface area contributed by atoms with Crippen molar-refractivity contribution in [1.82, 2.24) is 19.9 Å². The molecule has 0 aromatic carbocycles. The molecule has 13 heavy (non-hydrogen) atoms. The Morgan fingerprint density at radius 1 is 1.38 bits per heavy atom. The molecule has 0 amide bonds. The van der Waals surface area contributed by atoms with Crippen LogP contribution in [0.2, 0.25) is 0 Å². The van der Waals surface area contributed by atoms with Crippen LogP contribution in [0.25, 0.3) is 11.2 Å². The summed E-state index contributed by atoms with van der Waals surface area (Å²) in [6.45, 7) is 0. The molecular formula is C6H5N5O2. The van der Waals surface area contributed by atoms with E-state index in [1.807, 2.05) is 0 Å². The molecule has 4 N–H and O–H groups in total. The summed E-state index contributed by atoms with van der Waals surface area (Å²) < 4.78 is 0. The number of hydrogen-bond acceptors (Lipinski definition) is 5. The van der Waals surface area contributed by atoms with Crippen LogP contribution in [-0.4, -0.2) is 19.9 Å². The summed E-state index contributed by atoms with van der Waals surface area (Å²) in [5.74, 6) is -0.0305. The van der Waals surface area contributed by atoms with Crippen LogP contribution in [0.4, 0.5) is 5.95 Å². The first-order chi connectivity index (χ1) is 6.16. The molecule has 0 saturated heterocycles. The van der Waals surface area contributed by atoms with E-state index in [2.05, 4.69) is 19.9 Å². The third-order valence-electron chi connectivity index (χ3n) is 1.47. The summed E-state index contributed by atoms with van der Waals surface area (Å²) in [5, 5.41) is 0. The highest BCUT2D eigenvalue weighted by Crippen LogP contribution is 1.96. The second-order valence-corrected chi connectivity index (χ2v) is 2.40. The molecule has 7 nitrogen and oxygen atoms in total. The lowest BCUT2D eigenvalue weighted by atomic mass is 10.7. The number of aromatic amines is 2. The van der Waals surface area contributed by atoms with E-state index in [0.717, 1.165) is 6.20 Å². The van der Waals surface area contributed by atoms with Gasteiger partial charge in [0.05, 0.1) is 6.20 Å². The van der Waals surface area contributed by atoms with Gasteiger partial charge in [-0.15, -0.1) is 0 Å². The molecule has 0 spiro atoms. The average molecular weight is 181 g/mol. The first-order valence-corrected chi connectivity index (χ1v) is 3.41. The minimum atomic E-state index is -0.507. The molecule has 0 bridgehead atoms. The second kappa shape index (κ2) is 2.41. The van der Waals surface area contributed by atoms with Crippen LogP contribution in [0.3, 0.4) is 0 Å². The lowest BCUT2D eigenvalue weighted by molar-refractivity contribution is 1.10. The van der Waals surface area contributed by atoms with Gasteiger partial charge in [0.15, 0.2) is 11.2 Å².